The van der Waals surface area contributed by atoms with E-state index in [4.69, 9.17) is 0 Å². The number of hydrogen-bond donors (Lipinski definition) is 1. The fourth-order valence-electron chi connectivity index (χ4n) is 6.00. The van der Waals surface area contributed by atoms with Gasteiger partial charge in [-0.1, -0.05) is 35.1 Å². The normalized spacial score (nSPS) is 27.7. The molecule has 0 spiro atoms. The molecule has 0 saturated heterocycles. The first kappa shape index (κ1) is 20.2. The van der Waals surface area contributed by atoms with Crippen molar-refractivity contribution in [3.8, 4) is 0 Å². The molecule has 1 aromatic carbocycles. The second-order valence-corrected chi connectivity index (χ2v) is 11.5. The van der Waals surface area contributed by atoms with Gasteiger partial charge in [0.05, 0.1) is 5.03 Å². The highest BCUT2D eigenvalue weighted by Crippen LogP contribution is 2.63. The summed E-state index contributed by atoms with van der Waals surface area (Å²) < 4.78 is 1.71. The Bertz CT molecular complexity index is 1220. The predicted molar refractivity (Wildman–Crippen MR) is 128 cm³/mol. The van der Waals surface area contributed by atoms with E-state index in [1.54, 1.807) is 4.57 Å². The van der Waals surface area contributed by atoms with Crippen LogP contribution in [0.1, 0.15) is 41.2 Å². The Morgan fingerprint density at radius 2 is 2.00 bits per heavy atom. The molecular formula is C25H25N3O2S2. The molecular weight excluding hydrogens is 438 g/mol. The molecule has 2 aromatic heterocycles. The number of carbonyl (C=O) groups excluding carboxylic acids is 1. The summed E-state index contributed by atoms with van der Waals surface area (Å²) in [5.74, 6) is 2.05. The summed E-state index contributed by atoms with van der Waals surface area (Å²) in [5, 5.41) is 4.47. The first-order valence-corrected chi connectivity index (χ1v) is 12.9. The van der Waals surface area contributed by atoms with Crippen molar-refractivity contribution >= 4 is 34.7 Å². The summed E-state index contributed by atoms with van der Waals surface area (Å²) in [6.45, 7) is 2.07. The van der Waals surface area contributed by atoms with E-state index in [1.165, 1.54) is 36.2 Å². The smallest absolute Gasteiger partial charge is 0.308 e. The van der Waals surface area contributed by atoms with Crippen molar-refractivity contribution in [2.24, 2.45) is 17.8 Å². The highest BCUT2D eigenvalue weighted by atomic mass is 32.2. The van der Waals surface area contributed by atoms with Crippen molar-refractivity contribution in [1.82, 2.24) is 9.55 Å². The van der Waals surface area contributed by atoms with Gasteiger partial charge in [0, 0.05) is 34.1 Å². The van der Waals surface area contributed by atoms with Gasteiger partial charge in [0.25, 0.3) is 0 Å². The zero-order valence-corrected chi connectivity index (χ0v) is 19.5. The summed E-state index contributed by atoms with van der Waals surface area (Å²) in [7, 11) is 0. The Hall–Kier alpha value is -2.38. The summed E-state index contributed by atoms with van der Waals surface area (Å²) in [6.07, 6.45) is 7.66. The highest BCUT2D eigenvalue weighted by molar-refractivity contribution is 8.00. The van der Waals surface area contributed by atoms with E-state index in [1.807, 2.05) is 61.4 Å². The Morgan fingerprint density at radius 3 is 2.78 bits per heavy atom. The van der Waals surface area contributed by atoms with Crippen LogP contribution >= 0.6 is 23.1 Å². The lowest BCUT2D eigenvalue weighted by Crippen LogP contribution is -2.34. The minimum atomic E-state index is -0.162. The van der Waals surface area contributed by atoms with Crippen molar-refractivity contribution in [2.75, 3.05) is 5.32 Å². The Balaban J connectivity index is 1.35. The number of nitrogens with zero attached hydrogens (tertiary/aromatic N) is 2. The number of thioether (sulfide) groups is 1. The van der Waals surface area contributed by atoms with Crippen molar-refractivity contribution in [2.45, 2.75) is 48.9 Å². The van der Waals surface area contributed by atoms with Gasteiger partial charge in [0.1, 0.15) is 6.54 Å². The van der Waals surface area contributed by atoms with Gasteiger partial charge in [-0.25, -0.2) is 0 Å². The number of thiazole rings is 1. The molecule has 7 heteroatoms. The van der Waals surface area contributed by atoms with E-state index in [-0.39, 0.29) is 23.2 Å². The largest absolute Gasteiger partial charge is 0.325 e. The van der Waals surface area contributed by atoms with Gasteiger partial charge in [-0.2, -0.15) is 0 Å². The number of pyridine rings is 1. The van der Waals surface area contributed by atoms with Crippen LogP contribution in [0.4, 0.5) is 5.69 Å². The Morgan fingerprint density at radius 1 is 1.19 bits per heavy atom. The lowest BCUT2D eigenvalue weighted by molar-refractivity contribution is -0.116. The van der Waals surface area contributed by atoms with Gasteiger partial charge in [-0.15, -0.1) is 11.8 Å². The topological polar surface area (TPSA) is 64.0 Å². The van der Waals surface area contributed by atoms with Crippen molar-refractivity contribution in [3.63, 3.8) is 0 Å². The average molecular weight is 464 g/mol. The summed E-state index contributed by atoms with van der Waals surface area (Å²) in [4.78, 5) is 31.4. The first-order chi connectivity index (χ1) is 15.6. The summed E-state index contributed by atoms with van der Waals surface area (Å²) in [5.41, 5.74) is 3.10. The van der Waals surface area contributed by atoms with Gasteiger partial charge in [0.15, 0.2) is 0 Å². The van der Waals surface area contributed by atoms with Crippen LogP contribution < -0.4 is 10.2 Å². The summed E-state index contributed by atoms with van der Waals surface area (Å²) in [6, 6.07) is 11.9. The van der Waals surface area contributed by atoms with E-state index in [9.17, 15) is 9.59 Å². The lowest BCUT2D eigenvalue weighted by atomic mass is 9.75. The van der Waals surface area contributed by atoms with Crippen LogP contribution in [-0.4, -0.2) is 20.7 Å². The molecule has 2 saturated carbocycles. The molecule has 2 fully saturated rings. The molecule has 6 rings (SSSR count). The fourth-order valence-corrected chi connectivity index (χ4v) is 9.15. The van der Waals surface area contributed by atoms with Crippen LogP contribution in [-0.2, 0) is 11.3 Å². The molecule has 3 heterocycles. The molecule has 3 aliphatic rings. The quantitative estimate of drug-likeness (QED) is 0.598. The third kappa shape index (κ3) is 3.33. The van der Waals surface area contributed by atoms with E-state index < -0.39 is 0 Å². The first-order valence-electron chi connectivity index (χ1n) is 11.2. The van der Waals surface area contributed by atoms with E-state index in [0.29, 0.717) is 17.1 Å². The SMILES string of the molecule is Cc1ccc(NC(=O)Cn2c3c(sc2=O)[C@@H](c2cccnc2)[C@@H]2[C@H]4CC[C@@H](C4)[C@H]2S3)cc1. The zero-order chi connectivity index (χ0) is 21.8. The van der Waals surface area contributed by atoms with Crippen LogP contribution in [0.2, 0.25) is 0 Å². The maximum atomic E-state index is 13.1. The van der Waals surface area contributed by atoms with Crippen molar-refractivity contribution in [3.05, 3.63) is 74.5 Å². The molecule has 5 atom stereocenters. The zero-order valence-electron chi connectivity index (χ0n) is 17.9. The van der Waals surface area contributed by atoms with Crippen LogP contribution in [0.25, 0.3) is 0 Å². The molecule has 0 radical (unpaired) electrons. The third-order valence-electron chi connectivity index (χ3n) is 7.37. The number of hydrogen-bond acceptors (Lipinski definition) is 5. The lowest BCUT2D eigenvalue weighted by Gasteiger charge is -2.40. The number of aromatic nitrogens is 2. The maximum absolute atomic E-state index is 13.1. The number of benzene rings is 1. The van der Waals surface area contributed by atoms with Gasteiger partial charge in [0.2, 0.25) is 5.91 Å². The average Bonchev–Trinajstić information content (AvgIpc) is 3.49. The number of carbonyl (C=O) groups is 1. The van der Waals surface area contributed by atoms with E-state index in [0.717, 1.165) is 27.1 Å². The van der Waals surface area contributed by atoms with Crippen LogP contribution in [0.5, 0.6) is 0 Å². The number of nitrogens with one attached hydrogen (secondary N) is 1. The summed E-state index contributed by atoms with van der Waals surface area (Å²) >= 11 is 3.18. The van der Waals surface area contributed by atoms with Crippen molar-refractivity contribution < 1.29 is 4.79 Å². The van der Waals surface area contributed by atoms with Gasteiger partial charge >= 0.3 is 4.87 Å². The van der Waals surface area contributed by atoms with Crippen LogP contribution in [0, 0.1) is 24.7 Å². The van der Waals surface area contributed by atoms with Gasteiger partial charge in [-0.3, -0.25) is 19.1 Å². The Labute approximate surface area is 195 Å². The predicted octanol–water partition coefficient (Wildman–Crippen LogP) is 4.90. The molecule has 1 aliphatic heterocycles. The molecule has 3 aromatic rings. The molecule has 5 nitrogen and oxygen atoms in total. The van der Waals surface area contributed by atoms with Gasteiger partial charge in [-0.05, 0) is 67.7 Å². The highest BCUT2D eigenvalue weighted by Gasteiger charge is 2.55. The van der Waals surface area contributed by atoms with E-state index >= 15 is 0 Å². The van der Waals surface area contributed by atoms with Crippen LogP contribution in [0.15, 0.2) is 58.6 Å². The molecule has 0 unspecified atom stereocenters. The van der Waals surface area contributed by atoms with Gasteiger partial charge < -0.3 is 5.32 Å². The monoisotopic (exact) mass is 463 g/mol. The number of anilines is 1. The van der Waals surface area contributed by atoms with Crippen LogP contribution in [0.3, 0.4) is 0 Å². The fraction of sp³-hybridized carbons (Fsp3) is 0.400. The number of fused-ring (bicyclic) bond motifs is 6. The van der Waals surface area contributed by atoms with Crippen molar-refractivity contribution in [1.29, 1.82) is 0 Å². The number of aryl methyl sites for hydroxylation is 1. The molecule has 164 valence electrons. The minimum absolute atomic E-state index is 0.0391. The minimum Gasteiger partial charge on any atom is -0.325 e. The second-order valence-electron chi connectivity index (χ2n) is 9.29. The Kier molecular flexibility index (Phi) is 4.99. The molecule has 2 aliphatic carbocycles. The molecule has 1 amide bonds. The second kappa shape index (κ2) is 7.89. The molecule has 1 N–H and O–H groups in total. The third-order valence-corrected chi connectivity index (χ3v) is 10.2. The molecule has 32 heavy (non-hydrogen) atoms. The number of rotatable bonds is 4. The maximum Gasteiger partial charge on any atom is 0.308 e. The number of amides is 1. The standard InChI is InChI=1S/C25H25N3O2S2/c1-14-4-8-18(9-5-14)27-19(29)13-28-24-23(32-25(28)30)21(17-3-2-10-26-12-17)20-15-6-7-16(11-15)22(20)31-24/h2-5,8-10,12,15-16,20-22H,6-7,11,13H2,1H3,(H,27,29)/t15-,16-,20-,21-,22+/m0/s1. The van der Waals surface area contributed by atoms with E-state index in [2.05, 4.69) is 16.4 Å². The molecule has 2 bridgehead atoms.